The number of ether oxygens (including phenoxy) is 1. The minimum Gasteiger partial charge on any atom is 0 e. The normalized spacial score (nSPS) is 12.0. The Morgan fingerprint density at radius 2 is 1.11 bits per heavy atom. The van der Waals surface area contributed by atoms with Crippen molar-refractivity contribution < 1.29 is 66.2 Å². The van der Waals surface area contributed by atoms with Gasteiger partial charge in [-0.2, -0.15) is 0 Å². The molecule has 1 aliphatic rings. The van der Waals surface area contributed by atoms with Gasteiger partial charge >= 0.3 is 67.8 Å². The van der Waals surface area contributed by atoms with E-state index in [2.05, 4.69) is 70.0 Å². The van der Waals surface area contributed by atoms with Crippen LogP contribution in [0.15, 0.2) is 66.4 Å². The molecule has 35 heavy (non-hydrogen) atoms. The first-order valence-electron chi connectivity index (χ1n) is 8.61. The van der Waals surface area contributed by atoms with Crippen molar-refractivity contribution in [1.82, 2.24) is 0 Å². The third-order valence-corrected chi connectivity index (χ3v) is 3.46. The van der Waals surface area contributed by atoms with Gasteiger partial charge in [-0.1, -0.05) is 60.4 Å². The fourth-order valence-electron chi connectivity index (χ4n) is 2.39. The number of allylic oxidation sites excluding steroid dienone is 1. The van der Waals surface area contributed by atoms with Crippen molar-refractivity contribution in [2.45, 2.75) is 25.4 Å². The molecule has 2 radical (unpaired) electrons. The van der Waals surface area contributed by atoms with Crippen LogP contribution in [0, 0.1) is 51.7 Å². The Bertz CT molecular complexity index is 887. The summed E-state index contributed by atoms with van der Waals surface area (Å²) in [5, 5.41) is 0. The fraction of sp³-hybridized carbons (Fsp3) is 0.154. The second-order valence-electron chi connectivity index (χ2n) is 5.16. The zero-order valence-electron chi connectivity index (χ0n) is 18.1. The minimum absolute atomic E-state index is 0. The smallest absolute Gasteiger partial charge is 0 e. The molecule has 1 unspecified atom stereocenters. The van der Waals surface area contributed by atoms with E-state index in [0.29, 0.717) is 0 Å². The van der Waals surface area contributed by atoms with Gasteiger partial charge in [0, 0.05) is 45.5 Å². The van der Waals surface area contributed by atoms with E-state index in [0.717, 1.165) is 30.6 Å². The Kier molecular flexibility index (Phi) is 53.6. The molecule has 0 N–H and O–H groups in total. The Hall–Kier alpha value is -3.01. The molecule has 1 saturated heterocycles. The van der Waals surface area contributed by atoms with E-state index in [4.69, 9.17) is 32.6 Å². The number of hydrogen-bond acceptors (Lipinski definition) is 1. The second kappa shape index (κ2) is 41.3. The van der Waals surface area contributed by atoms with Gasteiger partial charge in [0.1, 0.15) is 0 Å². The molecule has 7 nitrogen and oxygen atoms in total. The van der Waals surface area contributed by atoms with Gasteiger partial charge in [0.25, 0.3) is 0 Å². The van der Waals surface area contributed by atoms with E-state index in [-0.39, 0.29) is 39.7 Å². The van der Waals surface area contributed by atoms with Crippen LogP contribution in [-0.2, 0) is 66.2 Å². The first-order valence-corrected chi connectivity index (χ1v) is 8.61. The van der Waals surface area contributed by atoms with E-state index < -0.39 is 0 Å². The predicted octanol–water partition coefficient (Wildman–Crippen LogP) is 4.42. The third-order valence-electron chi connectivity index (χ3n) is 3.46. The quantitative estimate of drug-likeness (QED) is 0.286. The Morgan fingerprint density at radius 1 is 0.686 bits per heavy atom. The maximum Gasteiger partial charge on any atom is 0 e. The van der Waals surface area contributed by atoms with Crippen LogP contribution >= 0.6 is 0 Å². The molecule has 3 rings (SSSR count). The summed E-state index contributed by atoms with van der Waals surface area (Å²) in [6.07, 6.45) is 5.27. The zero-order valence-corrected chi connectivity index (χ0v) is 20.2. The zero-order chi connectivity index (χ0) is 26.3. The number of hydrogen-bond donors (Lipinski definition) is 0. The van der Waals surface area contributed by atoms with Gasteiger partial charge in [0.15, 0.2) is 6.10 Å². The monoisotopic (exact) mass is 560 g/mol. The summed E-state index contributed by atoms with van der Waals surface area (Å²) in [6, 6.07) is 20.4. The Morgan fingerprint density at radius 3 is 1.57 bits per heavy atom. The van der Waals surface area contributed by atoms with Gasteiger partial charge in [-0.05, 0) is 36.6 Å². The standard InChI is InChI=1S/C20H18O.6CO.2Co/c1-3-8-17(9-4-1)14-15-19-12-7-13-20(21-19)16-18-10-5-2-6-11-18;6*1-2;;/h1-6,8-11,16,19H,7,12-13H2;;;;;;;;/b20-16-;;;;;;;;. The van der Waals surface area contributed by atoms with E-state index in [1.165, 1.54) is 5.56 Å². The van der Waals surface area contributed by atoms with E-state index in [1.807, 2.05) is 48.5 Å². The molecule has 9 heteroatoms. The van der Waals surface area contributed by atoms with E-state index >= 15 is 0 Å². The molecule has 2 aromatic rings. The molecule has 1 atom stereocenters. The maximum absolute atomic E-state index is 7.50. The summed E-state index contributed by atoms with van der Waals surface area (Å²) in [5.74, 6) is 7.48. The van der Waals surface area contributed by atoms with Crippen molar-refractivity contribution in [1.29, 1.82) is 0 Å². The van der Waals surface area contributed by atoms with E-state index in [1.54, 1.807) is 0 Å². The topological polar surface area (TPSA) is 129 Å². The first kappa shape index (κ1) is 45.5. The molecular weight excluding hydrogens is 542 g/mol. The number of benzene rings is 2. The fourth-order valence-corrected chi connectivity index (χ4v) is 2.39. The van der Waals surface area contributed by atoms with Crippen molar-refractivity contribution >= 4 is 6.08 Å². The number of rotatable bonds is 1. The van der Waals surface area contributed by atoms with Crippen LogP contribution in [0.3, 0.4) is 0 Å². The first-order chi connectivity index (χ1) is 16.4. The SMILES string of the molecule is C(#CC1CCC/C(=C/c2ccccc2)O1)c1ccccc1.[C-]#[O+].[C-]#[O+].[C-]#[O+].[C-]#[O+].[C-]#[O+].[C-]#[O+].[Co].[Co]. The molecule has 0 saturated carbocycles. The molecule has 1 heterocycles. The molecule has 182 valence electrons. The van der Waals surface area contributed by atoms with Crippen molar-refractivity contribution in [3.8, 4) is 11.8 Å². The molecule has 0 amide bonds. The summed E-state index contributed by atoms with van der Waals surface area (Å²) < 4.78 is 51.0. The van der Waals surface area contributed by atoms with Crippen LogP contribution in [0.4, 0.5) is 0 Å². The van der Waals surface area contributed by atoms with E-state index in [9.17, 15) is 0 Å². The van der Waals surface area contributed by atoms with Gasteiger partial charge in [-0.15, -0.1) is 0 Å². The van der Waals surface area contributed by atoms with Gasteiger partial charge in [0.2, 0.25) is 0 Å². The van der Waals surface area contributed by atoms with Crippen LogP contribution in [0.2, 0.25) is 0 Å². The summed E-state index contributed by atoms with van der Waals surface area (Å²) >= 11 is 0. The molecule has 1 fully saturated rings. The molecule has 1 aliphatic heterocycles. The van der Waals surface area contributed by atoms with Crippen LogP contribution in [-0.4, -0.2) is 6.10 Å². The van der Waals surface area contributed by atoms with Crippen LogP contribution in [0.5, 0.6) is 0 Å². The van der Waals surface area contributed by atoms with Crippen LogP contribution in [0.25, 0.3) is 6.08 Å². The van der Waals surface area contributed by atoms with Crippen molar-refractivity contribution in [2.24, 2.45) is 0 Å². The summed E-state index contributed by atoms with van der Waals surface area (Å²) in [5.41, 5.74) is 2.23. The van der Waals surface area contributed by atoms with Gasteiger partial charge in [-0.25, -0.2) is 0 Å². The maximum atomic E-state index is 7.50. The molecule has 0 bridgehead atoms. The van der Waals surface area contributed by atoms with Crippen molar-refractivity contribution in [3.05, 3.63) is 117 Å². The van der Waals surface area contributed by atoms with Crippen molar-refractivity contribution in [2.75, 3.05) is 0 Å². The summed E-state index contributed by atoms with van der Waals surface area (Å²) in [4.78, 5) is 0. The minimum atomic E-state index is 0. The Labute approximate surface area is 226 Å². The predicted molar refractivity (Wildman–Crippen MR) is 110 cm³/mol. The summed E-state index contributed by atoms with van der Waals surface area (Å²) in [7, 11) is 0. The molecule has 0 aliphatic carbocycles. The van der Waals surface area contributed by atoms with Gasteiger partial charge in [0.05, 0.1) is 5.76 Å². The van der Waals surface area contributed by atoms with Crippen molar-refractivity contribution in [3.63, 3.8) is 0 Å². The largest absolute Gasteiger partial charge is 0 e. The molecular formula is C26H18Co2O7. The van der Waals surface area contributed by atoms with Gasteiger partial charge in [-0.3, -0.25) is 0 Å². The van der Waals surface area contributed by atoms with Crippen LogP contribution in [0.1, 0.15) is 30.4 Å². The average molecular weight is 560 g/mol. The van der Waals surface area contributed by atoms with Crippen LogP contribution < -0.4 is 0 Å². The van der Waals surface area contributed by atoms with Gasteiger partial charge < -0.3 is 4.74 Å². The molecule has 0 spiro atoms. The Balaban J connectivity index is -0.000000132. The summed E-state index contributed by atoms with van der Waals surface area (Å²) in [6.45, 7) is 27.0. The molecule has 2 aromatic carbocycles. The second-order valence-corrected chi connectivity index (χ2v) is 5.16. The third kappa shape index (κ3) is 25.5. The average Bonchev–Trinajstić information content (AvgIpc) is 2.96. The molecule has 0 aromatic heterocycles.